The van der Waals surface area contributed by atoms with Crippen molar-refractivity contribution in [3.8, 4) is 0 Å². The van der Waals surface area contributed by atoms with Gasteiger partial charge in [0.1, 0.15) is 5.82 Å². The summed E-state index contributed by atoms with van der Waals surface area (Å²) in [5, 5.41) is 12.0. The first-order chi connectivity index (χ1) is 12.0. The first kappa shape index (κ1) is 19.1. The third-order valence-corrected chi connectivity index (χ3v) is 4.03. The van der Waals surface area contributed by atoms with Crippen LogP contribution in [-0.4, -0.2) is 33.3 Å². The summed E-state index contributed by atoms with van der Waals surface area (Å²) in [5.74, 6) is 0.561. The fraction of sp³-hybridized carbons (Fsp3) is 0.474. The van der Waals surface area contributed by atoms with Crippen LogP contribution in [0.1, 0.15) is 45.0 Å². The van der Waals surface area contributed by atoms with Gasteiger partial charge in [-0.15, -0.1) is 0 Å². The van der Waals surface area contributed by atoms with Crippen LogP contribution in [0, 0.1) is 0 Å². The minimum Gasteiger partial charge on any atom is -0.327 e. The lowest BCUT2D eigenvalue weighted by Crippen LogP contribution is -2.27. The molecular formula is C19H28N4O2. The molecule has 0 aliphatic rings. The van der Waals surface area contributed by atoms with Crippen LogP contribution in [0.15, 0.2) is 24.3 Å². The van der Waals surface area contributed by atoms with E-state index in [0.717, 1.165) is 54.8 Å². The molecule has 0 saturated heterocycles. The SMILES string of the molecule is CCCCc1nc2cc(C=CC(=O)NO)ccc2n1CCNC(C)C. The molecule has 0 unspecified atom stereocenters. The molecule has 6 nitrogen and oxygen atoms in total. The maximum atomic E-state index is 11.1. The molecule has 2 rings (SSSR count). The standard InChI is InChI=1S/C19H28N4O2/c1-4-5-6-18-21-16-13-15(8-10-19(24)22-25)7-9-17(16)23(18)12-11-20-14(2)3/h7-10,13-14,20,25H,4-6,11-12H2,1-3H3,(H,22,24). The number of aromatic nitrogens is 2. The quantitative estimate of drug-likeness (QED) is 0.371. The van der Waals surface area contributed by atoms with Gasteiger partial charge in [-0.1, -0.05) is 33.3 Å². The summed E-state index contributed by atoms with van der Waals surface area (Å²) in [6.45, 7) is 8.26. The van der Waals surface area contributed by atoms with Crippen molar-refractivity contribution in [3.05, 3.63) is 35.7 Å². The molecule has 25 heavy (non-hydrogen) atoms. The zero-order valence-corrected chi connectivity index (χ0v) is 15.2. The highest BCUT2D eigenvalue weighted by molar-refractivity contribution is 5.91. The first-order valence-electron chi connectivity index (χ1n) is 8.89. The normalized spacial score (nSPS) is 11.7. The van der Waals surface area contributed by atoms with E-state index in [1.165, 1.54) is 6.08 Å². The Kier molecular flexibility index (Phi) is 7.16. The van der Waals surface area contributed by atoms with Gasteiger partial charge in [-0.05, 0) is 30.2 Å². The maximum Gasteiger partial charge on any atom is 0.267 e. The average molecular weight is 344 g/mol. The van der Waals surface area contributed by atoms with E-state index in [2.05, 4.69) is 30.7 Å². The summed E-state index contributed by atoms with van der Waals surface area (Å²) >= 11 is 0. The van der Waals surface area contributed by atoms with Crippen LogP contribution in [0.2, 0.25) is 0 Å². The number of carbonyl (C=O) groups is 1. The monoisotopic (exact) mass is 344 g/mol. The van der Waals surface area contributed by atoms with Crippen LogP contribution in [0.5, 0.6) is 0 Å². The van der Waals surface area contributed by atoms with Crippen LogP contribution >= 0.6 is 0 Å². The number of amides is 1. The first-order valence-corrected chi connectivity index (χ1v) is 8.89. The van der Waals surface area contributed by atoms with Gasteiger partial charge in [0.2, 0.25) is 0 Å². The molecule has 0 atom stereocenters. The summed E-state index contributed by atoms with van der Waals surface area (Å²) in [5.41, 5.74) is 4.51. The van der Waals surface area contributed by atoms with Crippen LogP contribution in [0.25, 0.3) is 17.1 Å². The van der Waals surface area contributed by atoms with Crippen molar-refractivity contribution in [1.29, 1.82) is 0 Å². The number of hydrogen-bond acceptors (Lipinski definition) is 4. The summed E-state index contributed by atoms with van der Waals surface area (Å²) < 4.78 is 2.29. The fourth-order valence-electron chi connectivity index (χ4n) is 2.75. The maximum absolute atomic E-state index is 11.1. The minimum absolute atomic E-state index is 0.461. The molecule has 1 aromatic heterocycles. The number of aryl methyl sites for hydroxylation is 1. The van der Waals surface area contributed by atoms with Gasteiger partial charge in [-0.3, -0.25) is 10.0 Å². The Hall–Kier alpha value is -2.18. The van der Waals surface area contributed by atoms with Crippen molar-refractivity contribution in [2.24, 2.45) is 0 Å². The van der Waals surface area contributed by atoms with E-state index in [1.54, 1.807) is 11.6 Å². The summed E-state index contributed by atoms with van der Waals surface area (Å²) in [6.07, 6.45) is 6.17. The van der Waals surface area contributed by atoms with Gasteiger partial charge in [-0.25, -0.2) is 10.5 Å². The second-order valence-electron chi connectivity index (χ2n) is 6.45. The molecule has 0 fully saturated rings. The highest BCUT2D eigenvalue weighted by atomic mass is 16.5. The molecule has 0 spiro atoms. The molecule has 0 radical (unpaired) electrons. The van der Waals surface area contributed by atoms with Crippen LogP contribution < -0.4 is 10.8 Å². The smallest absolute Gasteiger partial charge is 0.267 e. The Morgan fingerprint density at radius 1 is 1.40 bits per heavy atom. The highest BCUT2D eigenvalue weighted by Gasteiger charge is 2.10. The van der Waals surface area contributed by atoms with Crippen LogP contribution in [0.4, 0.5) is 0 Å². The van der Waals surface area contributed by atoms with E-state index in [9.17, 15) is 4.79 Å². The second kappa shape index (κ2) is 9.34. The highest BCUT2D eigenvalue weighted by Crippen LogP contribution is 2.20. The molecule has 3 N–H and O–H groups in total. The predicted octanol–water partition coefficient (Wildman–Crippen LogP) is 2.90. The number of fused-ring (bicyclic) bond motifs is 1. The summed E-state index contributed by atoms with van der Waals surface area (Å²) in [6, 6.07) is 6.44. The van der Waals surface area contributed by atoms with Gasteiger partial charge >= 0.3 is 0 Å². The van der Waals surface area contributed by atoms with Crippen LogP contribution in [-0.2, 0) is 17.8 Å². The number of carbonyl (C=O) groups excluding carboxylic acids is 1. The molecule has 6 heteroatoms. The molecular weight excluding hydrogens is 316 g/mol. The topological polar surface area (TPSA) is 79.2 Å². The molecule has 2 aromatic rings. The third-order valence-electron chi connectivity index (χ3n) is 4.03. The molecule has 0 bridgehead atoms. The van der Waals surface area contributed by atoms with Crippen molar-refractivity contribution in [2.75, 3.05) is 6.54 Å². The van der Waals surface area contributed by atoms with Crippen molar-refractivity contribution in [2.45, 2.75) is 52.6 Å². The van der Waals surface area contributed by atoms with Gasteiger partial charge in [0.25, 0.3) is 5.91 Å². The predicted molar refractivity (Wildman–Crippen MR) is 100 cm³/mol. The summed E-state index contributed by atoms with van der Waals surface area (Å²) in [7, 11) is 0. The number of nitrogens with zero attached hydrogens (tertiary/aromatic N) is 2. The van der Waals surface area contributed by atoms with Gasteiger partial charge in [-0.2, -0.15) is 0 Å². The number of imidazole rings is 1. The lowest BCUT2D eigenvalue weighted by molar-refractivity contribution is -0.124. The van der Waals surface area contributed by atoms with Gasteiger partial charge in [0.15, 0.2) is 0 Å². The van der Waals surface area contributed by atoms with Crippen molar-refractivity contribution >= 4 is 23.0 Å². The lowest BCUT2D eigenvalue weighted by Gasteiger charge is -2.12. The van der Waals surface area contributed by atoms with E-state index in [-0.39, 0.29) is 0 Å². The Morgan fingerprint density at radius 3 is 2.88 bits per heavy atom. The number of hydroxylamine groups is 1. The van der Waals surface area contributed by atoms with Crippen molar-refractivity contribution in [3.63, 3.8) is 0 Å². The molecule has 0 aliphatic carbocycles. The van der Waals surface area contributed by atoms with E-state index in [0.29, 0.717) is 6.04 Å². The van der Waals surface area contributed by atoms with E-state index in [4.69, 9.17) is 10.2 Å². The van der Waals surface area contributed by atoms with Crippen LogP contribution in [0.3, 0.4) is 0 Å². The number of hydrogen-bond donors (Lipinski definition) is 3. The molecule has 136 valence electrons. The Bertz CT molecular complexity index is 734. The van der Waals surface area contributed by atoms with E-state index >= 15 is 0 Å². The Labute approximate surface area is 148 Å². The zero-order chi connectivity index (χ0) is 18.2. The van der Waals surface area contributed by atoms with Crippen molar-refractivity contribution in [1.82, 2.24) is 20.3 Å². The van der Waals surface area contributed by atoms with E-state index < -0.39 is 5.91 Å². The lowest BCUT2D eigenvalue weighted by atomic mass is 10.2. The zero-order valence-electron chi connectivity index (χ0n) is 15.2. The molecule has 1 aromatic carbocycles. The molecule has 1 heterocycles. The average Bonchev–Trinajstić information content (AvgIpc) is 2.94. The number of unbranched alkanes of at least 4 members (excludes halogenated alkanes) is 1. The van der Waals surface area contributed by atoms with Gasteiger partial charge < -0.3 is 9.88 Å². The number of nitrogens with one attached hydrogen (secondary N) is 2. The minimum atomic E-state index is -0.547. The van der Waals surface area contributed by atoms with Gasteiger partial charge in [0, 0.05) is 31.6 Å². The third kappa shape index (κ3) is 5.41. The largest absolute Gasteiger partial charge is 0.327 e. The Balaban J connectivity index is 2.29. The molecule has 0 aliphatic heterocycles. The van der Waals surface area contributed by atoms with E-state index in [1.807, 2.05) is 18.2 Å². The summed E-state index contributed by atoms with van der Waals surface area (Å²) in [4.78, 5) is 15.9. The second-order valence-corrected chi connectivity index (χ2v) is 6.45. The molecule has 0 saturated carbocycles. The molecule has 1 amide bonds. The fourth-order valence-corrected chi connectivity index (χ4v) is 2.75. The van der Waals surface area contributed by atoms with Gasteiger partial charge in [0.05, 0.1) is 11.0 Å². The number of benzene rings is 1. The number of rotatable bonds is 9. The Morgan fingerprint density at radius 2 is 2.20 bits per heavy atom. The van der Waals surface area contributed by atoms with Crippen molar-refractivity contribution < 1.29 is 10.0 Å².